The third-order valence-electron chi connectivity index (χ3n) is 2.83. The molecule has 0 spiro atoms. The van der Waals surface area contributed by atoms with Crippen LogP contribution in [0.5, 0.6) is 0 Å². The molecule has 4 nitrogen and oxygen atoms in total. The van der Waals surface area contributed by atoms with E-state index in [4.69, 9.17) is 0 Å². The van der Waals surface area contributed by atoms with Crippen molar-refractivity contribution in [2.75, 3.05) is 12.4 Å². The first kappa shape index (κ1) is 9.39. The van der Waals surface area contributed by atoms with Crippen LogP contribution in [0.25, 0.3) is 5.82 Å². The average Bonchev–Trinajstić information content (AvgIpc) is 3.07. The van der Waals surface area contributed by atoms with Gasteiger partial charge in [0.15, 0.2) is 5.82 Å². The highest BCUT2D eigenvalue weighted by molar-refractivity contribution is 5.38. The molecule has 0 saturated heterocycles. The van der Waals surface area contributed by atoms with Gasteiger partial charge in [0.05, 0.1) is 5.69 Å². The molecule has 1 saturated carbocycles. The summed E-state index contributed by atoms with van der Waals surface area (Å²) in [5.41, 5.74) is 1.19. The second-order valence-corrected chi connectivity index (χ2v) is 4.09. The highest BCUT2D eigenvalue weighted by atomic mass is 15.3. The summed E-state index contributed by atoms with van der Waals surface area (Å²) < 4.78 is 1.84. The van der Waals surface area contributed by atoms with Gasteiger partial charge in [-0.3, -0.25) is 0 Å². The molecule has 0 amide bonds. The number of nitrogens with zero attached hydrogens (tertiary/aromatic N) is 3. The molecule has 1 aliphatic rings. The van der Waals surface area contributed by atoms with Gasteiger partial charge in [-0.2, -0.15) is 5.10 Å². The Morgan fingerprint density at radius 2 is 2.19 bits per heavy atom. The van der Waals surface area contributed by atoms with Crippen LogP contribution in [0, 0.1) is 0 Å². The molecule has 0 radical (unpaired) electrons. The fourth-order valence-electron chi connectivity index (χ4n) is 1.75. The first-order valence-electron chi connectivity index (χ1n) is 5.57. The fraction of sp³-hybridized carbons (Fsp3) is 0.333. The number of hydrogen-bond acceptors (Lipinski definition) is 3. The van der Waals surface area contributed by atoms with E-state index in [1.54, 1.807) is 0 Å². The van der Waals surface area contributed by atoms with Gasteiger partial charge in [-0.25, -0.2) is 9.67 Å². The van der Waals surface area contributed by atoms with Crippen LogP contribution in [0.2, 0.25) is 0 Å². The highest BCUT2D eigenvalue weighted by Gasteiger charge is 2.25. The molecule has 2 aromatic heterocycles. The fourth-order valence-corrected chi connectivity index (χ4v) is 1.75. The SMILES string of the molecule is CNc1cccc(-n2ccc(C3CC3)n2)n1. The van der Waals surface area contributed by atoms with E-state index in [0.717, 1.165) is 11.6 Å². The van der Waals surface area contributed by atoms with E-state index in [9.17, 15) is 0 Å². The third-order valence-corrected chi connectivity index (χ3v) is 2.83. The van der Waals surface area contributed by atoms with E-state index in [0.29, 0.717) is 5.92 Å². The van der Waals surface area contributed by atoms with E-state index in [1.807, 2.05) is 36.1 Å². The lowest BCUT2D eigenvalue weighted by atomic mass is 10.3. The Kier molecular flexibility index (Phi) is 2.13. The van der Waals surface area contributed by atoms with Crippen molar-refractivity contribution >= 4 is 5.82 Å². The molecule has 82 valence electrons. The van der Waals surface area contributed by atoms with Gasteiger partial charge >= 0.3 is 0 Å². The first-order valence-corrected chi connectivity index (χ1v) is 5.57. The maximum Gasteiger partial charge on any atom is 0.155 e. The van der Waals surface area contributed by atoms with Gasteiger partial charge in [0.2, 0.25) is 0 Å². The van der Waals surface area contributed by atoms with Crippen molar-refractivity contribution < 1.29 is 0 Å². The maximum absolute atomic E-state index is 4.54. The highest BCUT2D eigenvalue weighted by Crippen LogP contribution is 2.38. The summed E-state index contributed by atoms with van der Waals surface area (Å²) in [5.74, 6) is 2.41. The van der Waals surface area contributed by atoms with Gasteiger partial charge in [-0.05, 0) is 31.0 Å². The smallest absolute Gasteiger partial charge is 0.155 e. The molecule has 0 atom stereocenters. The molecule has 1 N–H and O–H groups in total. The average molecular weight is 214 g/mol. The van der Waals surface area contributed by atoms with E-state index in [-0.39, 0.29) is 0 Å². The molecule has 0 unspecified atom stereocenters. The molecule has 1 fully saturated rings. The summed E-state index contributed by atoms with van der Waals surface area (Å²) in [6.45, 7) is 0. The Balaban J connectivity index is 1.93. The molecule has 4 heteroatoms. The van der Waals surface area contributed by atoms with Gasteiger partial charge in [0.25, 0.3) is 0 Å². The van der Waals surface area contributed by atoms with Gasteiger partial charge < -0.3 is 5.32 Å². The molecule has 16 heavy (non-hydrogen) atoms. The molecule has 0 aromatic carbocycles. The number of hydrogen-bond donors (Lipinski definition) is 1. The van der Waals surface area contributed by atoms with Crippen molar-refractivity contribution in [1.82, 2.24) is 14.8 Å². The summed E-state index contributed by atoms with van der Waals surface area (Å²) in [5, 5.41) is 7.57. The van der Waals surface area contributed by atoms with E-state index < -0.39 is 0 Å². The number of nitrogens with one attached hydrogen (secondary N) is 1. The lowest BCUT2D eigenvalue weighted by Gasteiger charge is -2.03. The van der Waals surface area contributed by atoms with Crippen molar-refractivity contribution in [1.29, 1.82) is 0 Å². The quantitative estimate of drug-likeness (QED) is 0.851. The predicted molar refractivity (Wildman–Crippen MR) is 62.9 cm³/mol. The molecule has 0 aliphatic heterocycles. The second kappa shape index (κ2) is 3.63. The number of pyridine rings is 1. The zero-order valence-corrected chi connectivity index (χ0v) is 9.22. The topological polar surface area (TPSA) is 42.7 Å². The minimum Gasteiger partial charge on any atom is -0.373 e. The Morgan fingerprint density at radius 1 is 1.31 bits per heavy atom. The van der Waals surface area contributed by atoms with Crippen LogP contribution in [-0.2, 0) is 0 Å². The third kappa shape index (κ3) is 1.66. The second-order valence-electron chi connectivity index (χ2n) is 4.09. The van der Waals surface area contributed by atoms with E-state index >= 15 is 0 Å². The molecule has 3 rings (SSSR count). The molecular weight excluding hydrogens is 200 g/mol. The van der Waals surface area contributed by atoms with Crippen LogP contribution in [-0.4, -0.2) is 21.8 Å². The van der Waals surface area contributed by atoms with Crippen LogP contribution in [0.3, 0.4) is 0 Å². The van der Waals surface area contributed by atoms with Crippen LogP contribution in [0.1, 0.15) is 24.5 Å². The lowest BCUT2D eigenvalue weighted by molar-refractivity contribution is 0.814. The molecule has 1 aliphatic carbocycles. The van der Waals surface area contributed by atoms with Crippen molar-refractivity contribution in [2.24, 2.45) is 0 Å². The van der Waals surface area contributed by atoms with Gasteiger partial charge in [0.1, 0.15) is 5.82 Å². The number of anilines is 1. The molecule has 2 aromatic rings. The van der Waals surface area contributed by atoms with E-state index in [1.165, 1.54) is 18.5 Å². The Bertz CT molecular complexity index is 499. The minimum atomic E-state index is 0.689. The van der Waals surface area contributed by atoms with Gasteiger partial charge in [0, 0.05) is 19.2 Å². The largest absolute Gasteiger partial charge is 0.373 e. The maximum atomic E-state index is 4.54. The zero-order valence-electron chi connectivity index (χ0n) is 9.22. The van der Waals surface area contributed by atoms with Crippen molar-refractivity contribution in [3.63, 3.8) is 0 Å². The molecule has 0 bridgehead atoms. The van der Waals surface area contributed by atoms with Crippen LogP contribution < -0.4 is 5.32 Å². The van der Waals surface area contributed by atoms with Crippen LogP contribution in [0.4, 0.5) is 5.82 Å². The number of aromatic nitrogens is 3. The monoisotopic (exact) mass is 214 g/mol. The Labute approximate surface area is 94.3 Å². The summed E-state index contributed by atoms with van der Waals surface area (Å²) in [6, 6.07) is 7.97. The summed E-state index contributed by atoms with van der Waals surface area (Å²) >= 11 is 0. The summed E-state index contributed by atoms with van der Waals surface area (Å²) in [7, 11) is 1.87. The van der Waals surface area contributed by atoms with Gasteiger partial charge in [-0.1, -0.05) is 6.07 Å². The normalized spacial score (nSPS) is 15.1. The standard InChI is InChI=1S/C12H14N4/c1-13-11-3-2-4-12(14-11)16-8-7-10(15-16)9-5-6-9/h2-4,7-9H,5-6H2,1H3,(H,13,14). The molecular formula is C12H14N4. The zero-order chi connectivity index (χ0) is 11.0. The van der Waals surface area contributed by atoms with Crippen LogP contribution in [0.15, 0.2) is 30.5 Å². The number of rotatable bonds is 3. The Morgan fingerprint density at radius 3 is 2.94 bits per heavy atom. The van der Waals surface area contributed by atoms with E-state index in [2.05, 4.69) is 21.5 Å². The minimum absolute atomic E-state index is 0.689. The summed E-state index contributed by atoms with van der Waals surface area (Å²) in [4.78, 5) is 4.44. The lowest BCUT2D eigenvalue weighted by Crippen LogP contribution is -2.01. The van der Waals surface area contributed by atoms with Crippen molar-refractivity contribution in [3.8, 4) is 5.82 Å². The Hall–Kier alpha value is -1.84. The first-order chi connectivity index (χ1) is 7.86. The van der Waals surface area contributed by atoms with Crippen LogP contribution >= 0.6 is 0 Å². The van der Waals surface area contributed by atoms with Gasteiger partial charge in [-0.15, -0.1) is 0 Å². The molecule has 2 heterocycles. The predicted octanol–water partition coefficient (Wildman–Crippen LogP) is 2.19. The van der Waals surface area contributed by atoms with Crippen molar-refractivity contribution in [3.05, 3.63) is 36.2 Å². The summed E-state index contributed by atoms with van der Waals surface area (Å²) in [6.07, 6.45) is 4.54. The van der Waals surface area contributed by atoms with Crippen molar-refractivity contribution in [2.45, 2.75) is 18.8 Å².